The minimum atomic E-state index is -4.67. The van der Waals surface area contributed by atoms with Crippen molar-refractivity contribution in [2.24, 2.45) is 5.73 Å². The average Bonchev–Trinajstić information content (AvgIpc) is 2.62. The van der Waals surface area contributed by atoms with Crippen molar-refractivity contribution in [3.05, 3.63) is 70.3 Å². The first-order chi connectivity index (χ1) is 12.3. The molecule has 1 atom stereocenters. The van der Waals surface area contributed by atoms with Crippen molar-refractivity contribution < 1.29 is 13.2 Å². The number of halogens is 3. The maximum Gasteiger partial charge on any atom is 0.417 e. The summed E-state index contributed by atoms with van der Waals surface area (Å²) in [6, 6.07) is 11.5. The summed E-state index contributed by atoms with van der Waals surface area (Å²) in [6.45, 7) is 1.81. The second kappa shape index (κ2) is 6.80. The minimum Gasteiger partial charge on any atom is -0.321 e. The summed E-state index contributed by atoms with van der Waals surface area (Å²) in [4.78, 5) is 17.2. The van der Waals surface area contributed by atoms with Crippen LogP contribution in [0.4, 0.5) is 18.9 Å². The molecule has 0 aliphatic carbocycles. The number of hydrogen-bond donors (Lipinski definition) is 2. The van der Waals surface area contributed by atoms with E-state index < -0.39 is 28.7 Å². The molecule has 0 bridgehead atoms. The minimum absolute atomic E-state index is 0.0326. The quantitative estimate of drug-likeness (QED) is 0.742. The van der Waals surface area contributed by atoms with Gasteiger partial charge in [-0.25, -0.2) is 9.66 Å². The van der Waals surface area contributed by atoms with E-state index in [9.17, 15) is 18.0 Å². The standard InChI is InChI=1S/C18H17F3N4O/c1-2-13(22)16-23-14-10-6-9-12(18(19,20)21)15(14)17(26)25(16)24-11-7-4-3-5-8-11/h3-10,13,24H,2,22H2,1H3. The molecule has 0 aliphatic rings. The molecule has 3 rings (SSSR count). The molecule has 2 aromatic carbocycles. The summed E-state index contributed by atoms with van der Waals surface area (Å²) in [5.74, 6) is 0.174. The molecule has 0 saturated carbocycles. The summed E-state index contributed by atoms with van der Waals surface area (Å²) < 4.78 is 41.1. The molecule has 1 unspecified atom stereocenters. The molecule has 0 spiro atoms. The lowest BCUT2D eigenvalue weighted by molar-refractivity contribution is -0.136. The first-order valence-electron chi connectivity index (χ1n) is 8.03. The molecule has 0 radical (unpaired) electrons. The van der Waals surface area contributed by atoms with Gasteiger partial charge in [0, 0.05) is 0 Å². The van der Waals surface area contributed by atoms with Crippen molar-refractivity contribution in [1.29, 1.82) is 0 Å². The van der Waals surface area contributed by atoms with E-state index >= 15 is 0 Å². The molecule has 1 aromatic heterocycles. The van der Waals surface area contributed by atoms with E-state index in [1.807, 2.05) is 0 Å². The van der Waals surface area contributed by atoms with E-state index in [0.717, 1.165) is 10.7 Å². The van der Waals surface area contributed by atoms with E-state index in [0.29, 0.717) is 12.1 Å². The van der Waals surface area contributed by atoms with Crippen LogP contribution in [0.5, 0.6) is 0 Å². The summed E-state index contributed by atoms with van der Waals surface area (Å²) in [7, 11) is 0. The normalized spacial score (nSPS) is 13.0. The Morgan fingerprint density at radius 1 is 1.15 bits per heavy atom. The third-order valence-corrected chi connectivity index (χ3v) is 4.02. The Morgan fingerprint density at radius 2 is 1.85 bits per heavy atom. The van der Waals surface area contributed by atoms with E-state index in [4.69, 9.17) is 5.73 Å². The molecular formula is C18H17F3N4O. The number of fused-ring (bicyclic) bond motifs is 1. The number of para-hydroxylation sites is 1. The van der Waals surface area contributed by atoms with Gasteiger partial charge in [0.15, 0.2) is 0 Å². The van der Waals surface area contributed by atoms with Gasteiger partial charge in [-0.3, -0.25) is 10.2 Å². The van der Waals surface area contributed by atoms with E-state index in [1.165, 1.54) is 12.1 Å². The highest BCUT2D eigenvalue weighted by atomic mass is 19.4. The Balaban J connectivity index is 2.32. The molecule has 1 heterocycles. The monoisotopic (exact) mass is 362 g/mol. The Labute approximate surface area is 147 Å². The molecule has 136 valence electrons. The molecule has 0 saturated heterocycles. The Bertz CT molecular complexity index is 983. The molecule has 26 heavy (non-hydrogen) atoms. The zero-order valence-corrected chi connectivity index (χ0v) is 13.9. The predicted molar refractivity (Wildman–Crippen MR) is 93.7 cm³/mol. The van der Waals surface area contributed by atoms with Crippen molar-refractivity contribution in [2.45, 2.75) is 25.6 Å². The Hall–Kier alpha value is -2.87. The van der Waals surface area contributed by atoms with Gasteiger partial charge >= 0.3 is 6.18 Å². The second-order valence-corrected chi connectivity index (χ2v) is 5.80. The van der Waals surface area contributed by atoms with Crippen LogP contribution in [0.25, 0.3) is 10.9 Å². The van der Waals surface area contributed by atoms with Gasteiger partial charge in [0.25, 0.3) is 5.56 Å². The molecule has 0 aliphatic heterocycles. The second-order valence-electron chi connectivity index (χ2n) is 5.80. The highest BCUT2D eigenvalue weighted by molar-refractivity contribution is 5.82. The highest BCUT2D eigenvalue weighted by Gasteiger charge is 2.34. The molecule has 8 heteroatoms. The first kappa shape index (κ1) is 17.9. The van der Waals surface area contributed by atoms with Crippen LogP contribution in [0, 0.1) is 0 Å². The third-order valence-electron chi connectivity index (χ3n) is 4.02. The predicted octanol–water partition coefficient (Wildman–Crippen LogP) is 3.70. The van der Waals surface area contributed by atoms with E-state index in [-0.39, 0.29) is 11.3 Å². The highest BCUT2D eigenvalue weighted by Crippen LogP contribution is 2.33. The van der Waals surface area contributed by atoms with E-state index in [1.54, 1.807) is 37.3 Å². The summed E-state index contributed by atoms with van der Waals surface area (Å²) in [5, 5.41) is -0.490. The number of nitrogens with zero attached hydrogens (tertiary/aromatic N) is 2. The van der Waals surface area contributed by atoms with Gasteiger partial charge in [0.2, 0.25) is 0 Å². The van der Waals surface area contributed by atoms with Gasteiger partial charge in [0.1, 0.15) is 5.82 Å². The number of aromatic nitrogens is 2. The molecule has 3 aromatic rings. The Morgan fingerprint density at radius 3 is 2.46 bits per heavy atom. The number of nitrogens with one attached hydrogen (secondary N) is 1. The van der Waals surface area contributed by atoms with Gasteiger partial charge in [-0.1, -0.05) is 31.2 Å². The summed E-state index contributed by atoms with van der Waals surface area (Å²) in [6.07, 6.45) is -4.20. The largest absolute Gasteiger partial charge is 0.417 e. The SMILES string of the molecule is CCC(N)c1nc2cccc(C(F)(F)F)c2c(=O)n1Nc1ccccc1. The first-order valence-corrected chi connectivity index (χ1v) is 8.03. The number of hydrogen-bond acceptors (Lipinski definition) is 4. The van der Waals surface area contributed by atoms with Gasteiger partial charge < -0.3 is 5.73 Å². The number of nitrogens with two attached hydrogens (primary N) is 1. The number of rotatable bonds is 4. The van der Waals surface area contributed by atoms with Crippen molar-refractivity contribution in [3.8, 4) is 0 Å². The summed E-state index contributed by atoms with van der Waals surface area (Å²) >= 11 is 0. The van der Waals surface area contributed by atoms with Gasteiger partial charge in [-0.15, -0.1) is 0 Å². The van der Waals surface area contributed by atoms with E-state index in [2.05, 4.69) is 10.4 Å². The van der Waals surface area contributed by atoms with Gasteiger partial charge in [-0.2, -0.15) is 13.2 Å². The lowest BCUT2D eigenvalue weighted by Gasteiger charge is -2.20. The van der Waals surface area contributed by atoms with Crippen LogP contribution in [0.15, 0.2) is 53.3 Å². The maximum atomic E-state index is 13.4. The molecule has 3 N–H and O–H groups in total. The lowest BCUT2D eigenvalue weighted by atomic mass is 10.1. The van der Waals surface area contributed by atoms with Gasteiger partial charge in [0.05, 0.1) is 28.2 Å². The van der Waals surface area contributed by atoms with Crippen LogP contribution in [-0.2, 0) is 6.18 Å². The molecule has 0 amide bonds. The number of benzene rings is 2. The molecule has 5 nitrogen and oxygen atoms in total. The van der Waals surface area contributed by atoms with Crippen molar-refractivity contribution in [2.75, 3.05) is 5.43 Å². The number of alkyl halides is 3. The van der Waals surface area contributed by atoms with Crippen LogP contribution in [0.1, 0.15) is 30.8 Å². The van der Waals surface area contributed by atoms with Crippen LogP contribution in [0.2, 0.25) is 0 Å². The summed E-state index contributed by atoms with van der Waals surface area (Å²) in [5.41, 5.74) is 7.51. The smallest absolute Gasteiger partial charge is 0.321 e. The fourth-order valence-electron chi connectivity index (χ4n) is 2.66. The van der Waals surface area contributed by atoms with Crippen molar-refractivity contribution in [1.82, 2.24) is 9.66 Å². The Kier molecular flexibility index (Phi) is 4.69. The molecule has 0 fully saturated rings. The fourth-order valence-corrected chi connectivity index (χ4v) is 2.66. The molecular weight excluding hydrogens is 345 g/mol. The van der Waals surface area contributed by atoms with Crippen LogP contribution in [0.3, 0.4) is 0 Å². The average molecular weight is 362 g/mol. The maximum absolute atomic E-state index is 13.4. The zero-order chi connectivity index (χ0) is 18.9. The van der Waals surface area contributed by atoms with Crippen LogP contribution >= 0.6 is 0 Å². The zero-order valence-electron chi connectivity index (χ0n) is 13.9. The van der Waals surface area contributed by atoms with Crippen LogP contribution in [-0.4, -0.2) is 9.66 Å². The van der Waals surface area contributed by atoms with Crippen LogP contribution < -0.4 is 16.7 Å². The topological polar surface area (TPSA) is 72.9 Å². The van der Waals surface area contributed by atoms with Crippen molar-refractivity contribution in [3.63, 3.8) is 0 Å². The van der Waals surface area contributed by atoms with Gasteiger partial charge in [-0.05, 0) is 30.7 Å². The fraction of sp³-hybridized carbons (Fsp3) is 0.222. The van der Waals surface area contributed by atoms with Crippen molar-refractivity contribution >= 4 is 16.6 Å². The third kappa shape index (κ3) is 3.28. The number of anilines is 1. The lowest BCUT2D eigenvalue weighted by Crippen LogP contribution is -2.34.